The number of fused-ring (bicyclic) bond motifs is 3. The number of ether oxygens (including phenoxy) is 1. The van der Waals surface area contributed by atoms with E-state index in [0.717, 1.165) is 59.4 Å². The quantitative estimate of drug-likeness (QED) is 0.490. The first-order valence-electron chi connectivity index (χ1n) is 10.6. The molecule has 1 N–H and O–H groups in total. The Morgan fingerprint density at radius 1 is 1.06 bits per heavy atom. The number of aryl methyl sites for hydroxylation is 1. The molecule has 1 fully saturated rings. The van der Waals surface area contributed by atoms with Crippen LogP contribution in [0.5, 0.6) is 0 Å². The van der Waals surface area contributed by atoms with E-state index in [9.17, 15) is 4.79 Å². The number of nitrogens with one attached hydrogen (secondary N) is 1. The summed E-state index contributed by atoms with van der Waals surface area (Å²) in [6, 6.07) is 9.85. The Morgan fingerprint density at radius 3 is 2.74 bits per heavy atom. The molecule has 7 nitrogen and oxygen atoms in total. The van der Waals surface area contributed by atoms with Crippen molar-refractivity contribution in [3.8, 4) is 11.4 Å². The van der Waals surface area contributed by atoms with Gasteiger partial charge in [0.25, 0.3) is 0 Å². The maximum absolute atomic E-state index is 12.3. The Hall–Kier alpha value is -3.61. The van der Waals surface area contributed by atoms with Crippen LogP contribution in [0.2, 0.25) is 0 Å². The second-order valence-corrected chi connectivity index (χ2v) is 8.44. The third-order valence-corrected chi connectivity index (χ3v) is 6.64. The Kier molecular flexibility index (Phi) is 3.93. The summed E-state index contributed by atoms with van der Waals surface area (Å²) in [5, 5.41) is 0. The summed E-state index contributed by atoms with van der Waals surface area (Å²) in [7, 11) is 0. The summed E-state index contributed by atoms with van der Waals surface area (Å²) in [6.45, 7) is 2.06. The Morgan fingerprint density at radius 2 is 1.90 bits per heavy atom. The first-order chi connectivity index (χ1) is 15.1. The predicted octanol–water partition coefficient (Wildman–Crippen LogP) is 4.45. The smallest absolute Gasteiger partial charge is 0.339 e. The van der Waals surface area contributed by atoms with Crippen molar-refractivity contribution in [1.29, 1.82) is 0 Å². The highest BCUT2D eigenvalue weighted by molar-refractivity contribution is 5.94. The van der Waals surface area contributed by atoms with Crippen LogP contribution in [0.1, 0.15) is 58.9 Å². The molecule has 0 bridgehead atoms. The van der Waals surface area contributed by atoms with E-state index in [1.54, 1.807) is 24.7 Å². The van der Waals surface area contributed by atoms with Gasteiger partial charge in [0.1, 0.15) is 16.9 Å². The van der Waals surface area contributed by atoms with Crippen molar-refractivity contribution in [3.63, 3.8) is 0 Å². The lowest BCUT2D eigenvalue weighted by Gasteiger charge is -2.35. The van der Waals surface area contributed by atoms with Crippen LogP contribution < -0.4 is 0 Å². The number of imidazole rings is 1. The lowest BCUT2D eigenvalue weighted by Crippen LogP contribution is -2.31. The van der Waals surface area contributed by atoms with Gasteiger partial charge >= 0.3 is 5.97 Å². The molecule has 3 aromatic heterocycles. The third-order valence-electron chi connectivity index (χ3n) is 6.64. The summed E-state index contributed by atoms with van der Waals surface area (Å²) in [5.74, 6) is 1.65. The van der Waals surface area contributed by atoms with Crippen LogP contribution in [-0.2, 0) is 10.3 Å². The second kappa shape index (κ2) is 6.70. The summed E-state index contributed by atoms with van der Waals surface area (Å²) in [6.07, 6.45) is 8.49. The molecule has 1 aliphatic heterocycles. The van der Waals surface area contributed by atoms with Crippen LogP contribution in [0.25, 0.3) is 22.6 Å². The van der Waals surface area contributed by atoms with Gasteiger partial charge in [0.05, 0.1) is 11.8 Å². The molecule has 154 valence electrons. The minimum absolute atomic E-state index is 0.237. The number of H-pyrrole nitrogens is 1. The number of rotatable bonds is 2. The molecule has 0 amide bonds. The number of aromatic nitrogens is 5. The standard InChI is InChI=1S/C24H21N5O2/c1-14-4-2-3-5-16(14)21-26-13-19-22(29-21)28-20(27-19)15-6-9-24(10-7-15)18-12-25-11-8-17(18)23(30)31-24/h2-5,8,11-13,15H,6-7,9-10H2,1H3,(H,26,27,28,29). The molecule has 7 heteroatoms. The van der Waals surface area contributed by atoms with E-state index in [1.165, 1.54) is 0 Å². The Balaban J connectivity index is 1.27. The number of carbonyl (C=O) groups is 1. The molecule has 4 heterocycles. The first kappa shape index (κ1) is 18.2. The zero-order valence-corrected chi connectivity index (χ0v) is 17.1. The van der Waals surface area contributed by atoms with Gasteiger partial charge in [-0.25, -0.2) is 19.7 Å². The summed E-state index contributed by atoms with van der Waals surface area (Å²) < 4.78 is 5.85. The fourth-order valence-electron chi connectivity index (χ4n) is 4.93. The number of esters is 1. The maximum Gasteiger partial charge on any atom is 0.339 e. The maximum atomic E-state index is 12.3. The van der Waals surface area contributed by atoms with Crippen LogP contribution in [0, 0.1) is 6.92 Å². The molecule has 1 saturated carbocycles. The average molecular weight is 411 g/mol. The molecule has 0 atom stereocenters. The molecule has 6 rings (SSSR count). The van der Waals surface area contributed by atoms with Gasteiger partial charge in [-0.05, 0) is 44.2 Å². The van der Waals surface area contributed by atoms with Gasteiger partial charge in [0.2, 0.25) is 0 Å². The molecular formula is C24H21N5O2. The van der Waals surface area contributed by atoms with Crippen molar-refractivity contribution < 1.29 is 9.53 Å². The molecule has 31 heavy (non-hydrogen) atoms. The number of nitrogens with zero attached hydrogens (tertiary/aromatic N) is 4. The molecule has 0 saturated heterocycles. The SMILES string of the molecule is Cc1ccccc1-c1ncc2nc(C3CCC4(CC3)OC(=O)c3ccncc34)[nH]c2n1. The van der Waals surface area contributed by atoms with Crippen LogP contribution >= 0.6 is 0 Å². The van der Waals surface area contributed by atoms with Crippen LogP contribution in [0.3, 0.4) is 0 Å². The summed E-state index contributed by atoms with van der Waals surface area (Å²) in [5.41, 5.74) is 4.73. The topological polar surface area (TPSA) is 93.6 Å². The monoisotopic (exact) mass is 411 g/mol. The van der Waals surface area contributed by atoms with Gasteiger partial charge in [0, 0.05) is 29.4 Å². The van der Waals surface area contributed by atoms with Gasteiger partial charge in [-0.2, -0.15) is 0 Å². The highest BCUT2D eigenvalue weighted by Gasteiger charge is 2.48. The van der Waals surface area contributed by atoms with Gasteiger partial charge in [0.15, 0.2) is 11.5 Å². The number of carbonyl (C=O) groups excluding carboxylic acids is 1. The van der Waals surface area contributed by atoms with E-state index < -0.39 is 5.60 Å². The van der Waals surface area contributed by atoms with Crippen molar-refractivity contribution in [2.24, 2.45) is 0 Å². The molecule has 1 aromatic carbocycles. The minimum atomic E-state index is -0.541. The fourth-order valence-corrected chi connectivity index (χ4v) is 4.93. The largest absolute Gasteiger partial charge is 0.450 e. The Bertz CT molecular complexity index is 1320. The Labute approximate surface area is 178 Å². The zero-order valence-electron chi connectivity index (χ0n) is 17.1. The average Bonchev–Trinajstić information content (AvgIpc) is 3.34. The normalized spacial score (nSPS) is 22.6. The van der Waals surface area contributed by atoms with Crippen LogP contribution in [0.15, 0.2) is 48.9 Å². The predicted molar refractivity (Wildman–Crippen MR) is 114 cm³/mol. The lowest BCUT2D eigenvalue weighted by molar-refractivity contribution is -0.0313. The van der Waals surface area contributed by atoms with Gasteiger partial charge in [-0.1, -0.05) is 24.3 Å². The molecule has 2 aliphatic rings. The van der Waals surface area contributed by atoms with Crippen molar-refractivity contribution in [1.82, 2.24) is 24.9 Å². The van der Waals surface area contributed by atoms with Crippen molar-refractivity contribution in [3.05, 3.63) is 71.4 Å². The van der Waals surface area contributed by atoms with E-state index >= 15 is 0 Å². The van der Waals surface area contributed by atoms with Crippen LogP contribution in [0.4, 0.5) is 0 Å². The molecule has 4 aromatic rings. The van der Waals surface area contributed by atoms with Crippen molar-refractivity contribution >= 4 is 17.1 Å². The number of aromatic amines is 1. The van der Waals surface area contributed by atoms with E-state index in [2.05, 4.69) is 27.9 Å². The van der Waals surface area contributed by atoms with Gasteiger partial charge < -0.3 is 9.72 Å². The summed E-state index contributed by atoms with van der Waals surface area (Å²) in [4.78, 5) is 34.0. The van der Waals surface area contributed by atoms with E-state index in [1.807, 2.05) is 18.2 Å². The lowest BCUT2D eigenvalue weighted by atomic mass is 9.75. The van der Waals surface area contributed by atoms with Gasteiger partial charge in [-0.15, -0.1) is 0 Å². The van der Waals surface area contributed by atoms with Crippen LogP contribution in [-0.4, -0.2) is 30.9 Å². The van der Waals surface area contributed by atoms with Gasteiger partial charge in [-0.3, -0.25) is 4.98 Å². The fraction of sp³-hybridized carbons (Fsp3) is 0.292. The second-order valence-electron chi connectivity index (χ2n) is 8.44. The molecular weight excluding hydrogens is 390 g/mol. The zero-order chi connectivity index (χ0) is 21.0. The van der Waals surface area contributed by atoms with E-state index in [4.69, 9.17) is 14.7 Å². The highest BCUT2D eigenvalue weighted by atomic mass is 16.6. The molecule has 0 unspecified atom stereocenters. The minimum Gasteiger partial charge on any atom is -0.450 e. The number of hydrogen-bond donors (Lipinski definition) is 1. The van der Waals surface area contributed by atoms with E-state index in [0.29, 0.717) is 11.4 Å². The van der Waals surface area contributed by atoms with Crippen molar-refractivity contribution in [2.75, 3.05) is 0 Å². The number of benzene rings is 1. The third kappa shape index (κ3) is 2.84. The molecule has 1 aliphatic carbocycles. The van der Waals surface area contributed by atoms with Crippen molar-refractivity contribution in [2.45, 2.75) is 44.1 Å². The molecule has 1 spiro atoms. The summed E-state index contributed by atoms with van der Waals surface area (Å²) >= 11 is 0. The molecule has 0 radical (unpaired) electrons. The highest BCUT2D eigenvalue weighted by Crippen LogP contribution is 2.49. The number of hydrogen-bond acceptors (Lipinski definition) is 6. The first-order valence-corrected chi connectivity index (χ1v) is 10.6. The number of pyridine rings is 1. The van der Waals surface area contributed by atoms with E-state index in [-0.39, 0.29) is 11.9 Å².